The Labute approximate surface area is 45.6 Å². The van der Waals surface area contributed by atoms with Gasteiger partial charge in [-0.15, -0.1) is 0 Å². The molecule has 3 heteroatoms. The molecule has 0 aromatic carbocycles. The monoisotopic (exact) mass is 153 g/mol. The molecule has 1 saturated heterocycles. The van der Waals surface area contributed by atoms with Crippen LogP contribution in [-0.2, 0) is 4.74 Å². The van der Waals surface area contributed by atoms with Crippen LogP contribution in [0.5, 0.6) is 0 Å². The molecule has 2 nitrogen and oxygen atoms in total. The summed E-state index contributed by atoms with van der Waals surface area (Å²) in [5.41, 5.74) is 0. The fraction of sp³-hybridized carbons (Fsp3) is 1.00. The smallest absolute Gasteiger partial charge is 0.0906 e. The number of halogens is 1. The highest BCUT2D eigenvalue weighted by Gasteiger charge is 2.19. The molecule has 0 bridgehead atoms. The first-order valence-electron chi connectivity index (χ1n) is 1.61. The average Bonchev–Trinajstić information content (AvgIpc) is 2.12. The zero-order valence-electron chi connectivity index (χ0n) is 3.48. The summed E-state index contributed by atoms with van der Waals surface area (Å²) in [6.45, 7) is 0.964. The molecule has 0 saturated carbocycles. The second-order valence-electron chi connectivity index (χ2n) is 1.11. The van der Waals surface area contributed by atoms with Crippen molar-refractivity contribution >= 4 is 15.9 Å². The van der Waals surface area contributed by atoms with Crippen molar-refractivity contribution < 1.29 is 4.74 Å². The van der Waals surface area contributed by atoms with Crippen LogP contribution in [0.25, 0.3) is 0 Å². The molecular weight excluding hydrogens is 146 g/mol. The van der Waals surface area contributed by atoms with E-state index in [0.717, 1.165) is 11.9 Å². The number of alkyl halides is 1. The van der Waals surface area contributed by atoms with Crippen molar-refractivity contribution in [3.63, 3.8) is 0 Å². The van der Waals surface area contributed by atoms with Crippen LogP contribution in [0.1, 0.15) is 0 Å². The van der Waals surface area contributed by atoms with E-state index in [2.05, 4.69) is 15.9 Å². The molecular formula is C3H8BrNO. The van der Waals surface area contributed by atoms with Crippen molar-refractivity contribution in [1.29, 1.82) is 0 Å². The van der Waals surface area contributed by atoms with Crippen molar-refractivity contribution in [3.05, 3.63) is 0 Å². The molecule has 1 heterocycles. The van der Waals surface area contributed by atoms with Crippen LogP contribution in [0.3, 0.4) is 0 Å². The summed E-state index contributed by atoms with van der Waals surface area (Å²) in [6.07, 6.45) is 0.551. The number of hydrogen-bond donors (Lipinski definition) is 1. The van der Waals surface area contributed by atoms with Crippen LogP contribution in [-0.4, -0.2) is 18.0 Å². The Balaban J connectivity index is 0.000000250. The Hall–Kier alpha value is 0.400. The van der Waals surface area contributed by atoms with Crippen LogP contribution in [0.2, 0.25) is 0 Å². The third-order valence-corrected chi connectivity index (χ3v) is 1.30. The molecule has 1 atom stereocenters. The normalized spacial score (nSPS) is 28.5. The molecule has 1 aliphatic rings. The second-order valence-corrected chi connectivity index (χ2v) is 1.76. The van der Waals surface area contributed by atoms with Gasteiger partial charge in [0.05, 0.1) is 12.7 Å². The van der Waals surface area contributed by atoms with Gasteiger partial charge >= 0.3 is 0 Å². The molecule has 1 aliphatic heterocycles. The quantitative estimate of drug-likeness (QED) is 0.451. The number of rotatable bonds is 1. The van der Waals surface area contributed by atoms with Crippen molar-refractivity contribution in [1.82, 2.24) is 6.15 Å². The van der Waals surface area contributed by atoms with Gasteiger partial charge in [-0.25, -0.2) is 0 Å². The van der Waals surface area contributed by atoms with Gasteiger partial charge in [0.1, 0.15) is 0 Å². The largest absolute Gasteiger partial charge is 0.372 e. The fourth-order valence-electron chi connectivity index (χ4n) is 0.157. The van der Waals surface area contributed by atoms with E-state index in [1.54, 1.807) is 0 Å². The Morgan fingerprint density at radius 2 is 2.33 bits per heavy atom. The maximum Gasteiger partial charge on any atom is 0.0906 e. The lowest BCUT2D eigenvalue weighted by molar-refractivity contribution is 0.427. The topological polar surface area (TPSA) is 47.5 Å². The first-order chi connectivity index (χ1) is 2.43. The Bertz CT molecular complexity index is 37.8. The fourth-order valence-corrected chi connectivity index (χ4v) is 0.531. The molecule has 3 N–H and O–H groups in total. The molecule has 0 amide bonds. The van der Waals surface area contributed by atoms with E-state index in [9.17, 15) is 0 Å². The minimum absolute atomic E-state index is 0. The second kappa shape index (κ2) is 2.55. The predicted molar refractivity (Wildman–Crippen MR) is 28.6 cm³/mol. The highest BCUT2D eigenvalue weighted by molar-refractivity contribution is 9.09. The van der Waals surface area contributed by atoms with Gasteiger partial charge in [0.2, 0.25) is 0 Å². The third kappa shape index (κ3) is 1.74. The molecule has 6 heavy (non-hydrogen) atoms. The maximum absolute atomic E-state index is 4.81. The Morgan fingerprint density at radius 1 is 1.83 bits per heavy atom. The van der Waals surface area contributed by atoms with Crippen LogP contribution in [0, 0.1) is 0 Å². The van der Waals surface area contributed by atoms with Gasteiger partial charge in [-0.05, 0) is 0 Å². The van der Waals surface area contributed by atoms with Gasteiger partial charge in [-0.3, -0.25) is 0 Å². The Morgan fingerprint density at radius 3 is 2.33 bits per heavy atom. The lowest BCUT2D eigenvalue weighted by Gasteiger charge is -1.67. The van der Waals surface area contributed by atoms with Crippen LogP contribution in [0.15, 0.2) is 0 Å². The zero-order chi connectivity index (χ0) is 3.70. The minimum atomic E-state index is 0. The summed E-state index contributed by atoms with van der Waals surface area (Å²) in [7, 11) is 0. The van der Waals surface area contributed by atoms with E-state index in [-0.39, 0.29) is 6.15 Å². The van der Waals surface area contributed by atoms with Crippen LogP contribution in [0.4, 0.5) is 0 Å². The lowest BCUT2D eigenvalue weighted by atomic mass is 10.6. The molecule has 0 spiro atoms. The van der Waals surface area contributed by atoms with Crippen LogP contribution >= 0.6 is 15.9 Å². The van der Waals surface area contributed by atoms with Gasteiger partial charge in [-0.1, -0.05) is 15.9 Å². The van der Waals surface area contributed by atoms with Gasteiger partial charge in [-0.2, -0.15) is 0 Å². The van der Waals surface area contributed by atoms with E-state index in [4.69, 9.17) is 4.74 Å². The lowest BCUT2D eigenvalue weighted by Crippen LogP contribution is -1.79. The summed E-state index contributed by atoms with van der Waals surface area (Å²) >= 11 is 3.25. The van der Waals surface area contributed by atoms with E-state index in [1.165, 1.54) is 0 Å². The van der Waals surface area contributed by atoms with Crippen molar-refractivity contribution in [3.8, 4) is 0 Å². The molecule has 1 unspecified atom stereocenters. The first-order valence-corrected chi connectivity index (χ1v) is 2.73. The summed E-state index contributed by atoms with van der Waals surface area (Å²) in [5.74, 6) is 0. The summed E-state index contributed by atoms with van der Waals surface area (Å²) in [4.78, 5) is 0. The highest BCUT2D eigenvalue weighted by Crippen LogP contribution is 2.09. The van der Waals surface area contributed by atoms with Crippen molar-refractivity contribution in [2.45, 2.75) is 6.10 Å². The van der Waals surface area contributed by atoms with Gasteiger partial charge in [0, 0.05) is 5.33 Å². The third-order valence-electron chi connectivity index (χ3n) is 0.574. The van der Waals surface area contributed by atoms with E-state index >= 15 is 0 Å². The first kappa shape index (κ1) is 6.40. The highest BCUT2D eigenvalue weighted by atomic mass is 79.9. The standard InChI is InChI=1S/C3H5BrO.H3N/c4-1-3-2-5-3;/h3H,1-2H2;1H3. The summed E-state index contributed by atoms with van der Waals surface area (Å²) < 4.78 is 4.81. The maximum atomic E-state index is 4.81. The van der Waals surface area contributed by atoms with Gasteiger partial charge in [0.15, 0.2) is 0 Å². The zero-order valence-corrected chi connectivity index (χ0v) is 5.07. The molecule has 1 fully saturated rings. The van der Waals surface area contributed by atoms with E-state index in [1.807, 2.05) is 0 Å². The molecule has 0 aromatic rings. The molecule has 0 aromatic heterocycles. The molecule has 0 radical (unpaired) electrons. The number of epoxide rings is 1. The van der Waals surface area contributed by atoms with Gasteiger partial charge in [0.25, 0.3) is 0 Å². The van der Waals surface area contributed by atoms with Crippen molar-refractivity contribution in [2.24, 2.45) is 0 Å². The summed E-state index contributed by atoms with van der Waals surface area (Å²) in [5, 5.41) is 1.01. The Kier molecular flexibility index (Phi) is 2.72. The van der Waals surface area contributed by atoms with Gasteiger partial charge < -0.3 is 10.9 Å². The molecule has 1 rings (SSSR count). The minimum Gasteiger partial charge on any atom is -0.372 e. The number of hydrogen-bond acceptors (Lipinski definition) is 2. The SMILES string of the molecule is BrCC1CO1.N. The van der Waals surface area contributed by atoms with E-state index < -0.39 is 0 Å². The molecule has 0 aliphatic carbocycles. The van der Waals surface area contributed by atoms with Crippen LogP contribution < -0.4 is 6.15 Å². The molecule has 38 valence electrons. The number of ether oxygens (including phenoxy) is 1. The van der Waals surface area contributed by atoms with E-state index in [0.29, 0.717) is 6.10 Å². The van der Waals surface area contributed by atoms with Crippen molar-refractivity contribution in [2.75, 3.05) is 11.9 Å². The average molecular weight is 154 g/mol. The predicted octanol–water partition coefficient (Wildman–Crippen LogP) is 0.942. The summed E-state index contributed by atoms with van der Waals surface area (Å²) in [6, 6.07) is 0.